The van der Waals surface area contributed by atoms with Crippen LogP contribution in [-0.4, -0.2) is 12.2 Å². The van der Waals surface area contributed by atoms with Crippen LogP contribution in [0, 0.1) is 11.8 Å². The summed E-state index contributed by atoms with van der Waals surface area (Å²) in [5.74, 6) is 1.58. The van der Waals surface area contributed by atoms with Crippen molar-refractivity contribution in [2.45, 2.75) is 52.7 Å². The van der Waals surface area contributed by atoms with E-state index < -0.39 is 0 Å². The second-order valence-corrected chi connectivity index (χ2v) is 4.47. The molecule has 1 aliphatic heterocycles. The van der Waals surface area contributed by atoms with Crippen LogP contribution in [0.15, 0.2) is 0 Å². The van der Waals surface area contributed by atoms with E-state index >= 15 is 0 Å². The third-order valence-electron chi connectivity index (χ3n) is 2.10. The van der Waals surface area contributed by atoms with Crippen molar-refractivity contribution in [2.75, 3.05) is 0 Å². The third kappa shape index (κ3) is 3.24. The lowest BCUT2D eigenvalue weighted by Crippen LogP contribution is -2.01. The highest BCUT2D eigenvalue weighted by atomic mass is 16.6. The first-order chi connectivity index (χ1) is 5.09. The van der Waals surface area contributed by atoms with E-state index in [1.807, 2.05) is 0 Å². The highest BCUT2D eigenvalue weighted by Crippen LogP contribution is 2.32. The van der Waals surface area contributed by atoms with Gasteiger partial charge in [-0.05, 0) is 24.7 Å². The summed E-state index contributed by atoms with van der Waals surface area (Å²) in [5, 5.41) is 0. The van der Waals surface area contributed by atoms with E-state index in [9.17, 15) is 0 Å². The Bertz CT molecular complexity index is 104. The van der Waals surface area contributed by atoms with Gasteiger partial charge in [0, 0.05) is 0 Å². The molecule has 0 bridgehead atoms. The minimum atomic E-state index is 0.595. The van der Waals surface area contributed by atoms with Gasteiger partial charge in [-0.25, -0.2) is 0 Å². The van der Waals surface area contributed by atoms with E-state index in [0.717, 1.165) is 11.8 Å². The Morgan fingerprint density at radius 3 is 1.55 bits per heavy atom. The quantitative estimate of drug-likeness (QED) is 0.570. The number of epoxide rings is 1. The largest absolute Gasteiger partial charge is 0.370 e. The summed E-state index contributed by atoms with van der Waals surface area (Å²) in [6, 6.07) is 0. The SMILES string of the molecule is CC(C)CC1OC1CC(C)C. The van der Waals surface area contributed by atoms with Crippen LogP contribution in [0.2, 0.25) is 0 Å². The van der Waals surface area contributed by atoms with Crippen molar-refractivity contribution in [3.05, 3.63) is 0 Å². The molecule has 1 nitrogen and oxygen atoms in total. The van der Waals surface area contributed by atoms with Crippen molar-refractivity contribution in [2.24, 2.45) is 11.8 Å². The normalized spacial score (nSPS) is 30.0. The summed E-state index contributed by atoms with van der Waals surface area (Å²) in [5.41, 5.74) is 0. The van der Waals surface area contributed by atoms with E-state index in [2.05, 4.69) is 27.7 Å². The molecular formula is C10H20O. The number of hydrogen-bond donors (Lipinski definition) is 0. The molecule has 1 heterocycles. The summed E-state index contributed by atoms with van der Waals surface area (Å²) in [6.45, 7) is 9.03. The fourth-order valence-corrected chi connectivity index (χ4v) is 1.52. The molecule has 0 spiro atoms. The van der Waals surface area contributed by atoms with Gasteiger partial charge in [0.25, 0.3) is 0 Å². The molecule has 2 atom stereocenters. The number of rotatable bonds is 4. The lowest BCUT2D eigenvalue weighted by atomic mass is 10.0. The second-order valence-electron chi connectivity index (χ2n) is 4.47. The van der Waals surface area contributed by atoms with E-state index in [1.165, 1.54) is 12.8 Å². The summed E-state index contributed by atoms with van der Waals surface area (Å²) < 4.78 is 5.54. The van der Waals surface area contributed by atoms with Gasteiger partial charge in [-0.1, -0.05) is 27.7 Å². The molecule has 1 rings (SSSR count). The third-order valence-corrected chi connectivity index (χ3v) is 2.10. The minimum absolute atomic E-state index is 0.595. The molecular weight excluding hydrogens is 136 g/mol. The Labute approximate surface area is 70.1 Å². The van der Waals surface area contributed by atoms with Crippen LogP contribution in [0.25, 0.3) is 0 Å². The lowest BCUT2D eigenvalue weighted by Gasteiger charge is -2.01. The van der Waals surface area contributed by atoms with Gasteiger partial charge in [-0.2, -0.15) is 0 Å². The van der Waals surface area contributed by atoms with Crippen LogP contribution >= 0.6 is 0 Å². The Morgan fingerprint density at radius 2 is 1.27 bits per heavy atom. The van der Waals surface area contributed by atoms with Gasteiger partial charge in [0.2, 0.25) is 0 Å². The summed E-state index contributed by atoms with van der Waals surface area (Å²) >= 11 is 0. The molecule has 0 radical (unpaired) electrons. The zero-order chi connectivity index (χ0) is 8.43. The summed E-state index contributed by atoms with van der Waals surface area (Å²) in [6.07, 6.45) is 3.68. The Balaban J connectivity index is 2.07. The zero-order valence-electron chi connectivity index (χ0n) is 8.13. The minimum Gasteiger partial charge on any atom is -0.370 e. The van der Waals surface area contributed by atoms with Crippen molar-refractivity contribution in [1.82, 2.24) is 0 Å². The molecule has 2 unspecified atom stereocenters. The highest BCUT2D eigenvalue weighted by molar-refractivity contribution is 4.85. The first-order valence-corrected chi connectivity index (χ1v) is 4.75. The molecule has 0 aromatic heterocycles. The Morgan fingerprint density at radius 1 is 0.909 bits per heavy atom. The maximum Gasteiger partial charge on any atom is 0.0844 e. The summed E-state index contributed by atoms with van der Waals surface area (Å²) in [4.78, 5) is 0. The van der Waals surface area contributed by atoms with Crippen molar-refractivity contribution >= 4 is 0 Å². The molecule has 1 aliphatic rings. The predicted molar refractivity (Wildman–Crippen MR) is 47.6 cm³/mol. The number of hydrogen-bond acceptors (Lipinski definition) is 1. The molecule has 1 heteroatoms. The molecule has 66 valence electrons. The fourth-order valence-electron chi connectivity index (χ4n) is 1.52. The Kier molecular flexibility index (Phi) is 2.94. The fraction of sp³-hybridized carbons (Fsp3) is 1.00. The first-order valence-electron chi connectivity index (χ1n) is 4.75. The van der Waals surface area contributed by atoms with Gasteiger partial charge in [-0.15, -0.1) is 0 Å². The van der Waals surface area contributed by atoms with Gasteiger partial charge in [0.1, 0.15) is 0 Å². The molecule has 0 N–H and O–H groups in total. The van der Waals surface area contributed by atoms with E-state index in [1.54, 1.807) is 0 Å². The molecule has 1 saturated heterocycles. The van der Waals surface area contributed by atoms with Gasteiger partial charge >= 0.3 is 0 Å². The van der Waals surface area contributed by atoms with Crippen LogP contribution in [0.4, 0.5) is 0 Å². The van der Waals surface area contributed by atoms with Crippen molar-refractivity contribution in [3.63, 3.8) is 0 Å². The number of ether oxygens (including phenoxy) is 1. The monoisotopic (exact) mass is 156 g/mol. The molecule has 11 heavy (non-hydrogen) atoms. The average Bonchev–Trinajstić information content (AvgIpc) is 2.43. The van der Waals surface area contributed by atoms with Crippen LogP contribution in [0.1, 0.15) is 40.5 Å². The first kappa shape index (κ1) is 9.05. The Hall–Kier alpha value is -0.0400. The van der Waals surface area contributed by atoms with Gasteiger partial charge < -0.3 is 4.74 Å². The van der Waals surface area contributed by atoms with Crippen LogP contribution in [0.5, 0.6) is 0 Å². The molecule has 0 saturated carbocycles. The van der Waals surface area contributed by atoms with Gasteiger partial charge in [0.15, 0.2) is 0 Å². The van der Waals surface area contributed by atoms with Crippen LogP contribution in [0.3, 0.4) is 0 Å². The van der Waals surface area contributed by atoms with Gasteiger partial charge in [0.05, 0.1) is 12.2 Å². The molecule has 0 aromatic rings. The van der Waals surface area contributed by atoms with Gasteiger partial charge in [-0.3, -0.25) is 0 Å². The van der Waals surface area contributed by atoms with E-state index in [-0.39, 0.29) is 0 Å². The second kappa shape index (κ2) is 3.57. The van der Waals surface area contributed by atoms with Crippen molar-refractivity contribution < 1.29 is 4.74 Å². The van der Waals surface area contributed by atoms with Crippen LogP contribution < -0.4 is 0 Å². The van der Waals surface area contributed by atoms with E-state index in [4.69, 9.17) is 4.74 Å². The van der Waals surface area contributed by atoms with E-state index in [0.29, 0.717) is 12.2 Å². The average molecular weight is 156 g/mol. The zero-order valence-corrected chi connectivity index (χ0v) is 8.13. The predicted octanol–water partition coefficient (Wildman–Crippen LogP) is 2.85. The van der Waals surface area contributed by atoms with Crippen LogP contribution in [-0.2, 0) is 4.74 Å². The molecule has 0 amide bonds. The highest BCUT2D eigenvalue weighted by Gasteiger charge is 2.38. The molecule has 0 aromatic carbocycles. The smallest absolute Gasteiger partial charge is 0.0844 e. The summed E-state index contributed by atoms with van der Waals surface area (Å²) in [7, 11) is 0. The topological polar surface area (TPSA) is 12.5 Å². The maximum atomic E-state index is 5.54. The standard InChI is InChI=1S/C10H20O/c1-7(2)5-9-10(11-9)6-8(3)4/h7-10H,5-6H2,1-4H3. The lowest BCUT2D eigenvalue weighted by molar-refractivity contribution is 0.330. The van der Waals surface area contributed by atoms with Crippen molar-refractivity contribution in [3.8, 4) is 0 Å². The maximum absolute atomic E-state index is 5.54. The van der Waals surface area contributed by atoms with Crippen molar-refractivity contribution in [1.29, 1.82) is 0 Å². The molecule has 1 fully saturated rings. The molecule has 0 aliphatic carbocycles.